The Labute approximate surface area is 191 Å². The summed E-state index contributed by atoms with van der Waals surface area (Å²) in [7, 11) is 0. The fraction of sp³-hybridized carbons (Fsp3) is 0.269. The summed E-state index contributed by atoms with van der Waals surface area (Å²) >= 11 is 0. The Morgan fingerprint density at radius 1 is 1.12 bits per heavy atom. The quantitative estimate of drug-likeness (QED) is 0.450. The van der Waals surface area contributed by atoms with Gasteiger partial charge in [0.2, 0.25) is 5.88 Å². The van der Waals surface area contributed by atoms with Crippen LogP contribution in [0.4, 0.5) is 14.5 Å². The van der Waals surface area contributed by atoms with E-state index in [9.17, 15) is 13.6 Å². The molecule has 0 bridgehead atoms. The smallest absolute Gasteiger partial charge is 0.388 e. The van der Waals surface area contributed by atoms with Crippen LogP contribution in [0.25, 0.3) is 16.0 Å². The summed E-state index contributed by atoms with van der Waals surface area (Å²) in [6.45, 7) is 7.73. The van der Waals surface area contributed by atoms with Gasteiger partial charge in [-0.3, -0.25) is 4.79 Å². The van der Waals surface area contributed by atoms with Crippen molar-refractivity contribution in [1.82, 2.24) is 10.3 Å². The highest BCUT2D eigenvalue weighted by Gasteiger charge is 2.40. The zero-order chi connectivity index (χ0) is 23.6. The molecule has 7 heteroatoms. The lowest BCUT2D eigenvalue weighted by atomic mass is 9.71. The molecule has 33 heavy (non-hydrogen) atoms. The van der Waals surface area contributed by atoms with Gasteiger partial charge in [0.1, 0.15) is 0 Å². The molecule has 3 aromatic rings. The van der Waals surface area contributed by atoms with Gasteiger partial charge in [-0.15, -0.1) is 0 Å². The van der Waals surface area contributed by atoms with Gasteiger partial charge in [-0.2, -0.15) is 8.78 Å². The average molecular weight is 447 g/mol. The lowest BCUT2D eigenvalue weighted by Gasteiger charge is -2.43. The molecule has 1 aliphatic carbocycles. The van der Waals surface area contributed by atoms with Crippen molar-refractivity contribution in [2.75, 3.05) is 0 Å². The Kier molecular flexibility index (Phi) is 6.10. The number of rotatable bonds is 6. The molecule has 1 aliphatic rings. The Morgan fingerprint density at radius 3 is 2.30 bits per heavy atom. The molecule has 0 spiro atoms. The van der Waals surface area contributed by atoms with Gasteiger partial charge in [0.15, 0.2) is 5.69 Å². The number of carbonyl (C=O) groups excluding carboxylic acids is 1. The molecule has 168 valence electrons. The van der Waals surface area contributed by atoms with Crippen LogP contribution in [0.2, 0.25) is 0 Å². The highest BCUT2D eigenvalue weighted by molar-refractivity contribution is 5.95. The van der Waals surface area contributed by atoms with E-state index in [1.807, 2.05) is 31.2 Å². The monoisotopic (exact) mass is 447 g/mol. The van der Waals surface area contributed by atoms with Crippen molar-refractivity contribution in [3.8, 4) is 17.0 Å². The van der Waals surface area contributed by atoms with Gasteiger partial charge >= 0.3 is 6.61 Å². The molecule has 4 rings (SSSR count). The number of benzene rings is 2. The van der Waals surface area contributed by atoms with Crippen LogP contribution in [0.5, 0.6) is 5.88 Å². The largest absolute Gasteiger partial charge is 0.417 e. The number of nitrogens with one attached hydrogen (secondary N) is 1. The minimum Gasteiger partial charge on any atom is -0.417 e. The van der Waals surface area contributed by atoms with Crippen LogP contribution >= 0.6 is 0 Å². The molecule has 1 amide bonds. The summed E-state index contributed by atoms with van der Waals surface area (Å²) < 4.78 is 29.5. The molecule has 0 saturated heterocycles. The van der Waals surface area contributed by atoms with Crippen molar-refractivity contribution in [3.63, 3.8) is 0 Å². The highest BCUT2D eigenvalue weighted by atomic mass is 19.3. The van der Waals surface area contributed by atoms with Gasteiger partial charge in [0, 0.05) is 22.9 Å². The molecule has 1 N–H and O–H groups in total. The average Bonchev–Trinajstić information content (AvgIpc) is 2.76. The van der Waals surface area contributed by atoms with Gasteiger partial charge < -0.3 is 10.1 Å². The Balaban J connectivity index is 1.57. The number of pyridine rings is 1. The van der Waals surface area contributed by atoms with Crippen molar-refractivity contribution >= 4 is 11.6 Å². The van der Waals surface area contributed by atoms with Gasteiger partial charge in [0.25, 0.3) is 5.91 Å². The van der Waals surface area contributed by atoms with Crippen molar-refractivity contribution in [2.24, 2.45) is 0 Å². The van der Waals surface area contributed by atoms with E-state index in [4.69, 9.17) is 6.57 Å². The third-order valence-corrected chi connectivity index (χ3v) is 6.13. The fourth-order valence-electron chi connectivity index (χ4n) is 4.33. The maximum absolute atomic E-state index is 12.8. The van der Waals surface area contributed by atoms with E-state index in [2.05, 4.69) is 19.9 Å². The van der Waals surface area contributed by atoms with Crippen molar-refractivity contribution < 1.29 is 18.3 Å². The van der Waals surface area contributed by atoms with E-state index < -0.39 is 12.2 Å². The first-order chi connectivity index (χ1) is 15.8. The summed E-state index contributed by atoms with van der Waals surface area (Å²) in [4.78, 5) is 20.4. The van der Waals surface area contributed by atoms with Crippen molar-refractivity contribution in [3.05, 3.63) is 88.4 Å². The summed E-state index contributed by atoms with van der Waals surface area (Å²) in [5.74, 6) is -0.262. The summed E-state index contributed by atoms with van der Waals surface area (Å²) in [5.41, 5.74) is 4.79. The predicted octanol–water partition coefficient (Wildman–Crippen LogP) is 6.33. The Hall–Kier alpha value is -3.79. The molecule has 0 radical (unpaired) electrons. The number of aromatic nitrogens is 1. The number of carbonyl (C=O) groups is 1. The molecule has 1 saturated carbocycles. The molecule has 1 fully saturated rings. The summed E-state index contributed by atoms with van der Waals surface area (Å²) in [5, 5.41) is 3.19. The van der Waals surface area contributed by atoms with Gasteiger partial charge in [-0.05, 0) is 49.8 Å². The Morgan fingerprint density at radius 2 is 1.79 bits per heavy atom. The van der Waals surface area contributed by atoms with E-state index in [1.165, 1.54) is 6.07 Å². The van der Waals surface area contributed by atoms with E-state index in [1.54, 1.807) is 31.2 Å². The minimum absolute atomic E-state index is 0.0964. The highest BCUT2D eigenvalue weighted by Crippen LogP contribution is 2.42. The molecule has 0 atom stereocenters. The van der Waals surface area contributed by atoms with Crippen LogP contribution in [-0.2, 0) is 5.54 Å². The maximum Gasteiger partial charge on any atom is 0.388 e. The molecule has 2 aromatic carbocycles. The SMILES string of the molecule is [C-]#[N+]c1ccc(C(=O)NC2(c3ccc(-c4c(C)cc(OC(F)F)nc4C)cc3)CCC2)cc1. The van der Waals surface area contributed by atoms with Crippen LogP contribution in [0.15, 0.2) is 54.6 Å². The predicted molar refractivity (Wildman–Crippen MR) is 121 cm³/mol. The van der Waals surface area contributed by atoms with Gasteiger partial charge in [-0.1, -0.05) is 48.5 Å². The Bertz CT molecular complexity index is 1190. The standard InChI is InChI=1S/C26H23F2N3O2/c1-16-15-22(33-25(27)28)30-17(2)23(16)18-5-9-20(10-6-18)26(13-4-14-26)31-24(32)19-7-11-21(29-3)12-8-19/h5-12,15,25H,4,13-14H2,1-2H3,(H,31,32). The number of halogens is 2. The zero-order valence-corrected chi connectivity index (χ0v) is 18.4. The zero-order valence-electron chi connectivity index (χ0n) is 18.4. The maximum atomic E-state index is 12.8. The third kappa shape index (κ3) is 4.56. The van der Waals surface area contributed by atoms with Gasteiger partial charge in [-0.25, -0.2) is 9.83 Å². The fourth-order valence-corrected chi connectivity index (χ4v) is 4.33. The molecular formula is C26H23F2N3O2. The topological polar surface area (TPSA) is 55.6 Å². The van der Waals surface area contributed by atoms with Crippen LogP contribution in [-0.4, -0.2) is 17.5 Å². The number of amides is 1. The van der Waals surface area contributed by atoms with Crippen molar-refractivity contribution in [2.45, 2.75) is 45.3 Å². The molecular weight excluding hydrogens is 424 g/mol. The molecule has 0 aliphatic heterocycles. The van der Waals surface area contributed by atoms with Crippen LogP contribution in [0, 0.1) is 20.4 Å². The van der Waals surface area contributed by atoms with Crippen LogP contribution in [0.1, 0.15) is 46.4 Å². The molecule has 0 unspecified atom stereocenters. The van der Waals surface area contributed by atoms with Crippen LogP contribution in [0.3, 0.4) is 0 Å². The molecule has 5 nitrogen and oxygen atoms in total. The normalized spacial score (nSPS) is 14.3. The first kappa shape index (κ1) is 22.4. The molecule has 1 heterocycles. The number of nitrogens with zero attached hydrogens (tertiary/aromatic N) is 2. The first-order valence-electron chi connectivity index (χ1n) is 10.7. The lowest BCUT2D eigenvalue weighted by Crippen LogP contribution is -2.50. The number of aryl methyl sites for hydroxylation is 2. The minimum atomic E-state index is -2.92. The molecule has 1 aromatic heterocycles. The number of ether oxygens (including phenoxy) is 1. The van der Waals surface area contributed by atoms with Gasteiger partial charge in [0.05, 0.1) is 12.1 Å². The number of hydrogen-bond acceptors (Lipinski definition) is 3. The van der Waals surface area contributed by atoms with E-state index in [-0.39, 0.29) is 11.8 Å². The van der Waals surface area contributed by atoms with Crippen molar-refractivity contribution in [1.29, 1.82) is 0 Å². The number of alkyl halides is 2. The third-order valence-electron chi connectivity index (χ3n) is 6.13. The van der Waals surface area contributed by atoms with E-state index in [0.29, 0.717) is 16.9 Å². The number of hydrogen-bond donors (Lipinski definition) is 1. The summed E-state index contributed by atoms with van der Waals surface area (Å²) in [6, 6.07) is 16.1. The second-order valence-corrected chi connectivity index (χ2v) is 8.24. The van der Waals surface area contributed by atoms with Crippen LogP contribution < -0.4 is 10.1 Å². The van der Waals surface area contributed by atoms with E-state index >= 15 is 0 Å². The lowest BCUT2D eigenvalue weighted by molar-refractivity contribution is -0.0529. The van der Waals surface area contributed by atoms with E-state index in [0.717, 1.165) is 41.5 Å². The second kappa shape index (κ2) is 8.99. The second-order valence-electron chi connectivity index (χ2n) is 8.24. The summed E-state index contributed by atoms with van der Waals surface area (Å²) in [6.07, 6.45) is 2.71. The first-order valence-corrected chi connectivity index (χ1v) is 10.7.